The molecule has 1 aliphatic heterocycles. The van der Waals surface area contributed by atoms with Gasteiger partial charge in [0.15, 0.2) is 11.5 Å². The maximum Gasteiger partial charge on any atom is 0.227 e. The third-order valence-electron chi connectivity index (χ3n) is 4.59. The highest BCUT2D eigenvalue weighted by molar-refractivity contribution is 5.94. The highest BCUT2D eigenvalue weighted by Crippen LogP contribution is 2.40. The van der Waals surface area contributed by atoms with Crippen LogP contribution in [-0.2, 0) is 4.79 Å². The van der Waals surface area contributed by atoms with Gasteiger partial charge in [0, 0.05) is 23.6 Å². The van der Waals surface area contributed by atoms with Crippen molar-refractivity contribution in [2.24, 2.45) is 5.92 Å². The Labute approximate surface area is 141 Å². The lowest BCUT2D eigenvalue weighted by Gasteiger charge is -2.27. The molecule has 0 radical (unpaired) electrons. The van der Waals surface area contributed by atoms with Crippen LogP contribution in [0.15, 0.2) is 22.6 Å². The van der Waals surface area contributed by atoms with Crippen LogP contribution in [0.25, 0.3) is 11.1 Å². The van der Waals surface area contributed by atoms with Crippen molar-refractivity contribution in [1.29, 1.82) is 0 Å². The number of anilines is 1. The summed E-state index contributed by atoms with van der Waals surface area (Å²) in [7, 11) is 0. The number of nitrogens with zero attached hydrogens (tertiary/aromatic N) is 1. The van der Waals surface area contributed by atoms with E-state index in [0.29, 0.717) is 12.0 Å². The summed E-state index contributed by atoms with van der Waals surface area (Å²) in [5, 5.41) is 6.40. The largest absolute Gasteiger partial charge is 0.440 e. The summed E-state index contributed by atoms with van der Waals surface area (Å²) < 4.78 is 5.75. The number of fused-ring (bicyclic) bond motifs is 1. The van der Waals surface area contributed by atoms with Crippen molar-refractivity contribution in [3.8, 4) is 0 Å². The van der Waals surface area contributed by atoms with Crippen LogP contribution in [0.5, 0.6) is 0 Å². The maximum absolute atomic E-state index is 12.4. The van der Waals surface area contributed by atoms with Gasteiger partial charge < -0.3 is 15.1 Å². The van der Waals surface area contributed by atoms with Gasteiger partial charge in [0.05, 0.1) is 0 Å². The van der Waals surface area contributed by atoms with Gasteiger partial charge in [0.1, 0.15) is 5.52 Å². The van der Waals surface area contributed by atoms with Crippen molar-refractivity contribution in [2.45, 2.75) is 44.6 Å². The van der Waals surface area contributed by atoms with E-state index < -0.39 is 0 Å². The molecule has 6 heteroatoms. The molecule has 2 atom stereocenters. The number of halogens is 1. The molecule has 2 aromatic rings. The van der Waals surface area contributed by atoms with Gasteiger partial charge in [-0.1, -0.05) is 0 Å². The third-order valence-corrected chi connectivity index (χ3v) is 4.59. The van der Waals surface area contributed by atoms with Crippen LogP contribution >= 0.6 is 12.4 Å². The van der Waals surface area contributed by atoms with Gasteiger partial charge in [-0.15, -0.1) is 12.4 Å². The van der Waals surface area contributed by atoms with Gasteiger partial charge in [0.25, 0.3) is 0 Å². The summed E-state index contributed by atoms with van der Waals surface area (Å²) in [6, 6.07) is 6.11. The van der Waals surface area contributed by atoms with E-state index in [2.05, 4.69) is 22.5 Å². The first kappa shape index (κ1) is 16.3. The Hall–Kier alpha value is -1.59. The SMILES string of the molecule is C[C@H]1C[C@@H](C(=O)Nc2ccc3oc(C4CC4)nc3c2)CCN1.Cl. The lowest BCUT2D eigenvalue weighted by atomic mass is 9.92. The van der Waals surface area contributed by atoms with Crippen molar-refractivity contribution in [3.05, 3.63) is 24.1 Å². The molecule has 2 heterocycles. The Morgan fingerprint density at radius 3 is 2.91 bits per heavy atom. The van der Waals surface area contributed by atoms with Gasteiger partial charge in [-0.2, -0.15) is 0 Å². The molecule has 1 saturated carbocycles. The van der Waals surface area contributed by atoms with E-state index in [4.69, 9.17) is 4.42 Å². The first-order valence-corrected chi connectivity index (χ1v) is 8.14. The smallest absolute Gasteiger partial charge is 0.227 e. The Balaban J connectivity index is 0.00000156. The number of hydrogen-bond donors (Lipinski definition) is 2. The fourth-order valence-corrected chi connectivity index (χ4v) is 3.14. The quantitative estimate of drug-likeness (QED) is 0.901. The molecule has 5 nitrogen and oxygen atoms in total. The summed E-state index contributed by atoms with van der Waals surface area (Å²) in [4.78, 5) is 16.9. The lowest BCUT2D eigenvalue weighted by molar-refractivity contribution is -0.120. The monoisotopic (exact) mass is 335 g/mol. The predicted octanol–water partition coefficient (Wildman–Crippen LogP) is 3.45. The van der Waals surface area contributed by atoms with E-state index in [1.807, 2.05) is 18.2 Å². The molecule has 1 aliphatic carbocycles. The summed E-state index contributed by atoms with van der Waals surface area (Å²) in [5.74, 6) is 1.54. The number of hydrogen-bond acceptors (Lipinski definition) is 4. The normalized spacial score (nSPS) is 24.2. The van der Waals surface area contributed by atoms with E-state index >= 15 is 0 Å². The van der Waals surface area contributed by atoms with Gasteiger partial charge in [-0.05, 0) is 57.4 Å². The number of oxazole rings is 1. The van der Waals surface area contributed by atoms with Crippen LogP contribution in [0.1, 0.15) is 44.4 Å². The number of aromatic nitrogens is 1. The molecule has 1 aromatic heterocycles. The first-order valence-electron chi connectivity index (χ1n) is 8.14. The second-order valence-corrected chi connectivity index (χ2v) is 6.57. The van der Waals surface area contributed by atoms with E-state index in [1.165, 1.54) is 12.8 Å². The summed E-state index contributed by atoms with van der Waals surface area (Å²) in [5.41, 5.74) is 2.44. The molecular weight excluding hydrogens is 314 g/mol. The first-order chi connectivity index (χ1) is 10.7. The molecule has 1 amide bonds. The number of piperidine rings is 1. The van der Waals surface area contributed by atoms with Crippen molar-refractivity contribution in [3.63, 3.8) is 0 Å². The van der Waals surface area contributed by atoms with E-state index in [1.54, 1.807) is 0 Å². The minimum atomic E-state index is 0. The average Bonchev–Trinajstić information content (AvgIpc) is 3.27. The van der Waals surface area contributed by atoms with E-state index in [9.17, 15) is 4.79 Å². The van der Waals surface area contributed by atoms with Crippen molar-refractivity contribution >= 4 is 35.1 Å². The summed E-state index contributed by atoms with van der Waals surface area (Å²) >= 11 is 0. The minimum Gasteiger partial charge on any atom is -0.440 e. The van der Waals surface area contributed by atoms with Gasteiger partial charge in [0.2, 0.25) is 5.91 Å². The standard InChI is InChI=1S/C17H21N3O2.ClH/c1-10-8-12(6-7-18-10)16(21)19-13-4-5-15-14(9-13)20-17(22-15)11-2-3-11;/h4-5,9-12,18H,2-3,6-8H2,1H3,(H,19,21);1H/t10-,12-;/m0./s1. The molecule has 0 bridgehead atoms. The molecule has 2 aliphatic rings. The Morgan fingerprint density at radius 1 is 1.35 bits per heavy atom. The molecule has 2 N–H and O–H groups in total. The Bertz CT molecular complexity index is 711. The zero-order valence-corrected chi connectivity index (χ0v) is 14.0. The van der Waals surface area contributed by atoms with Crippen molar-refractivity contribution in [2.75, 3.05) is 11.9 Å². The second-order valence-electron chi connectivity index (χ2n) is 6.57. The summed E-state index contributed by atoms with van der Waals surface area (Å²) in [6.07, 6.45) is 4.13. The lowest BCUT2D eigenvalue weighted by Crippen LogP contribution is -2.40. The summed E-state index contributed by atoms with van der Waals surface area (Å²) in [6.45, 7) is 3.03. The fraction of sp³-hybridized carbons (Fsp3) is 0.529. The number of rotatable bonds is 3. The van der Waals surface area contributed by atoms with Gasteiger partial charge in [-0.25, -0.2) is 4.98 Å². The molecule has 2 fully saturated rings. The Kier molecular flexibility index (Phi) is 4.60. The average molecular weight is 336 g/mol. The van der Waals surface area contributed by atoms with Crippen molar-refractivity contribution in [1.82, 2.24) is 10.3 Å². The molecule has 0 spiro atoms. The number of nitrogens with one attached hydrogen (secondary N) is 2. The molecular formula is C17H22ClN3O2. The number of carbonyl (C=O) groups is 1. The zero-order valence-electron chi connectivity index (χ0n) is 13.2. The van der Waals surface area contributed by atoms with Crippen LogP contribution in [-0.4, -0.2) is 23.5 Å². The topological polar surface area (TPSA) is 67.2 Å². The van der Waals surface area contributed by atoms with Crippen LogP contribution in [0.4, 0.5) is 5.69 Å². The van der Waals surface area contributed by atoms with E-state index in [0.717, 1.165) is 42.1 Å². The number of carbonyl (C=O) groups excluding carboxylic acids is 1. The number of amides is 1. The molecule has 0 unspecified atom stereocenters. The molecule has 23 heavy (non-hydrogen) atoms. The molecule has 4 rings (SSSR count). The highest BCUT2D eigenvalue weighted by atomic mass is 35.5. The zero-order chi connectivity index (χ0) is 15.1. The van der Waals surface area contributed by atoms with Gasteiger partial charge in [-0.3, -0.25) is 4.79 Å². The number of benzene rings is 1. The highest BCUT2D eigenvalue weighted by Gasteiger charge is 2.29. The minimum absolute atomic E-state index is 0. The predicted molar refractivity (Wildman–Crippen MR) is 92.1 cm³/mol. The Morgan fingerprint density at radius 2 is 2.17 bits per heavy atom. The van der Waals surface area contributed by atoms with Crippen LogP contribution < -0.4 is 10.6 Å². The van der Waals surface area contributed by atoms with Crippen molar-refractivity contribution < 1.29 is 9.21 Å². The van der Waals surface area contributed by atoms with Crippen LogP contribution in [0.2, 0.25) is 0 Å². The fourth-order valence-electron chi connectivity index (χ4n) is 3.14. The maximum atomic E-state index is 12.4. The molecule has 1 saturated heterocycles. The second kappa shape index (κ2) is 6.49. The third kappa shape index (κ3) is 3.51. The van der Waals surface area contributed by atoms with E-state index in [-0.39, 0.29) is 24.2 Å². The van der Waals surface area contributed by atoms with Gasteiger partial charge >= 0.3 is 0 Å². The molecule has 124 valence electrons. The van der Waals surface area contributed by atoms with Crippen LogP contribution in [0.3, 0.4) is 0 Å². The van der Waals surface area contributed by atoms with Crippen LogP contribution in [0, 0.1) is 5.92 Å². The molecule has 1 aromatic carbocycles.